The minimum atomic E-state index is 0. The van der Waals surface area contributed by atoms with Crippen LogP contribution in [0.5, 0.6) is 5.75 Å². The van der Waals surface area contributed by atoms with Gasteiger partial charge in [0, 0.05) is 19.3 Å². The van der Waals surface area contributed by atoms with Crippen molar-refractivity contribution in [1.29, 1.82) is 0 Å². The molecule has 0 amide bonds. The predicted molar refractivity (Wildman–Crippen MR) is 96.7 cm³/mol. The number of halogens is 1. The third kappa shape index (κ3) is 3.53. The normalized spacial score (nSPS) is 16.7. The maximum atomic E-state index is 5.87. The summed E-state index contributed by atoms with van der Waals surface area (Å²) in [4.78, 5) is 2.45. The van der Waals surface area contributed by atoms with E-state index in [2.05, 4.69) is 47.5 Å². The molecule has 2 aromatic rings. The molecule has 0 N–H and O–H groups in total. The Morgan fingerprint density at radius 1 is 0.913 bits per heavy atom. The second-order valence-electron chi connectivity index (χ2n) is 6.19. The SMILES string of the molecule is C1=C(c2ccc(OCc3ccccc3)cc2)C2CCN1CC2.Cl. The Morgan fingerprint density at radius 3 is 2.22 bits per heavy atom. The highest BCUT2D eigenvalue weighted by molar-refractivity contribution is 5.85. The molecular formula is C20H22ClNO. The van der Waals surface area contributed by atoms with Crippen molar-refractivity contribution < 1.29 is 4.74 Å². The van der Waals surface area contributed by atoms with Crippen LogP contribution < -0.4 is 4.74 Å². The third-order valence-corrected chi connectivity index (χ3v) is 4.73. The molecule has 0 atom stereocenters. The highest BCUT2D eigenvalue weighted by Gasteiger charge is 2.27. The van der Waals surface area contributed by atoms with Crippen molar-refractivity contribution in [2.75, 3.05) is 13.1 Å². The van der Waals surface area contributed by atoms with Crippen LogP contribution in [0.25, 0.3) is 5.57 Å². The molecule has 23 heavy (non-hydrogen) atoms. The van der Waals surface area contributed by atoms with Gasteiger partial charge in [-0.25, -0.2) is 0 Å². The smallest absolute Gasteiger partial charge is 0.119 e. The van der Waals surface area contributed by atoms with E-state index in [0.29, 0.717) is 6.61 Å². The first-order valence-electron chi connectivity index (χ1n) is 8.11. The summed E-state index contributed by atoms with van der Waals surface area (Å²) in [6.07, 6.45) is 4.97. The van der Waals surface area contributed by atoms with Crippen LogP contribution in [0.2, 0.25) is 0 Å². The molecule has 3 aliphatic rings. The predicted octanol–water partition coefficient (Wildman–Crippen LogP) is 4.75. The fourth-order valence-corrected chi connectivity index (χ4v) is 3.44. The van der Waals surface area contributed by atoms with Crippen molar-refractivity contribution in [1.82, 2.24) is 4.90 Å². The summed E-state index contributed by atoms with van der Waals surface area (Å²) in [7, 11) is 0. The van der Waals surface area contributed by atoms with Crippen LogP contribution in [0.4, 0.5) is 0 Å². The molecule has 0 saturated carbocycles. The van der Waals surface area contributed by atoms with Gasteiger partial charge < -0.3 is 9.64 Å². The molecule has 0 spiro atoms. The Labute approximate surface area is 144 Å². The van der Waals surface area contributed by atoms with E-state index in [9.17, 15) is 0 Å². The summed E-state index contributed by atoms with van der Waals surface area (Å²) in [6.45, 7) is 3.08. The lowest BCUT2D eigenvalue weighted by atomic mass is 9.82. The van der Waals surface area contributed by atoms with Crippen molar-refractivity contribution in [3.8, 4) is 5.75 Å². The van der Waals surface area contributed by atoms with Crippen molar-refractivity contribution in [3.05, 3.63) is 71.9 Å². The lowest BCUT2D eigenvalue weighted by Crippen LogP contribution is -2.35. The number of hydrogen-bond donors (Lipinski definition) is 0. The molecular weight excluding hydrogens is 306 g/mol. The zero-order valence-electron chi connectivity index (χ0n) is 13.2. The summed E-state index contributed by atoms with van der Waals surface area (Å²) in [6, 6.07) is 18.9. The van der Waals surface area contributed by atoms with E-state index >= 15 is 0 Å². The van der Waals surface area contributed by atoms with Crippen molar-refractivity contribution in [2.45, 2.75) is 19.4 Å². The quantitative estimate of drug-likeness (QED) is 0.803. The van der Waals surface area contributed by atoms with E-state index in [1.54, 1.807) is 0 Å². The number of hydrogen-bond acceptors (Lipinski definition) is 2. The molecule has 2 aromatic carbocycles. The topological polar surface area (TPSA) is 12.5 Å². The first-order chi connectivity index (χ1) is 10.9. The minimum absolute atomic E-state index is 0. The van der Waals surface area contributed by atoms with Crippen molar-refractivity contribution in [3.63, 3.8) is 0 Å². The van der Waals surface area contributed by atoms with Crippen molar-refractivity contribution >= 4 is 18.0 Å². The molecule has 0 unspecified atom stereocenters. The summed E-state index contributed by atoms with van der Waals surface area (Å²) in [5.41, 5.74) is 4.06. The molecule has 120 valence electrons. The number of piperidine rings is 1. The molecule has 1 fully saturated rings. The highest BCUT2D eigenvalue weighted by atomic mass is 35.5. The van der Waals surface area contributed by atoms with Crippen molar-refractivity contribution in [2.24, 2.45) is 5.92 Å². The number of allylic oxidation sites excluding steroid dienone is 1. The minimum Gasteiger partial charge on any atom is -0.489 e. The third-order valence-electron chi connectivity index (χ3n) is 4.73. The standard InChI is InChI=1S/C20H21NO.ClH/c1-2-4-16(5-3-1)15-22-19-8-6-17(7-9-19)20-14-21-12-10-18(20)11-13-21;/h1-9,14,18H,10-13,15H2;1H. The molecule has 0 aliphatic carbocycles. The van der Waals surface area contributed by atoms with Crippen LogP contribution >= 0.6 is 12.4 Å². The van der Waals surface area contributed by atoms with Gasteiger partial charge >= 0.3 is 0 Å². The number of ether oxygens (including phenoxy) is 1. The molecule has 3 heteroatoms. The maximum Gasteiger partial charge on any atom is 0.119 e. The van der Waals surface area contributed by atoms with E-state index < -0.39 is 0 Å². The first-order valence-corrected chi connectivity index (χ1v) is 8.11. The molecule has 2 nitrogen and oxygen atoms in total. The van der Waals surface area contributed by atoms with Gasteiger partial charge in [-0.15, -0.1) is 12.4 Å². The molecule has 0 aromatic heterocycles. The molecule has 5 rings (SSSR count). The van der Waals surface area contributed by atoms with E-state index in [1.165, 1.54) is 42.6 Å². The number of nitrogens with zero attached hydrogens (tertiary/aromatic N) is 1. The zero-order valence-corrected chi connectivity index (χ0v) is 14.0. The van der Waals surface area contributed by atoms with E-state index in [1.807, 2.05) is 18.2 Å². The fraction of sp³-hybridized carbons (Fsp3) is 0.300. The van der Waals surface area contributed by atoms with Crippen LogP contribution in [0, 0.1) is 5.92 Å². The van der Waals surface area contributed by atoms with Gasteiger partial charge in [0.2, 0.25) is 0 Å². The first kappa shape index (κ1) is 15.9. The lowest BCUT2D eigenvalue weighted by Gasteiger charge is -2.39. The highest BCUT2D eigenvalue weighted by Crippen LogP contribution is 2.37. The number of rotatable bonds is 4. The average molecular weight is 328 g/mol. The second kappa shape index (κ2) is 7.10. The van der Waals surface area contributed by atoms with Gasteiger partial charge in [-0.05, 0) is 47.6 Å². The van der Waals surface area contributed by atoms with Crippen LogP contribution in [-0.2, 0) is 6.61 Å². The Morgan fingerprint density at radius 2 is 1.61 bits per heavy atom. The summed E-state index contributed by atoms with van der Waals surface area (Å²) >= 11 is 0. The largest absolute Gasteiger partial charge is 0.489 e. The van der Waals surface area contributed by atoms with Gasteiger partial charge in [0.15, 0.2) is 0 Å². The Balaban J connectivity index is 0.00000156. The number of fused-ring (bicyclic) bond motifs is 2. The monoisotopic (exact) mass is 327 g/mol. The van der Waals surface area contributed by atoms with Gasteiger partial charge in [-0.1, -0.05) is 42.5 Å². The molecule has 2 bridgehead atoms. The Kier molecular flexibility index (Phi) is 4.92. The molecule has 3 aliphatic heterocycles. The van der Waals surface area contributed by atoms with Gasteiger partial charge in [-0.3, -0.25) is 0 Å². The summed E-state index contributed by atoms with van der Waals surface area (Å²) in [5.74, 6) is 1.69. The molecule has 1 saturated heterocycles. The maximum absolute atomic E-state index is 5.87. The fourth-order valence-electron chi connectivity index (χ4n) is 3.44. The zero-order chi connectivity index (χ0) is 14.8. The summed E-state index contributed by atoms with van der Waals surface area (Å²) in [5, 5.41) is 0. The van der Waals surface area contributed by atoms with Gasteiger partial charge in [0.05, 0.1) is 0 Å². The molecule has 0 radical (unpaired) electrons. The lowest BCUT2D eigenvalue weighted by molar-refractivity contribution is 0.252. The average Bonchev–Trinajstić information content (AvgIpc) is 2.62. The van der Waals surface area contributed by atoms with Crippen LogP contribution in [-0.4, -0.2) is 18.0 Å². The second-order valence-corrected chi connectivity index (χ2v) is 6.19. The Hall–Kier alpha value is -1.93. The Bertz CT molecular complexity index is 658. The molecule has 3 heterocycles. The van der Waals surface area contributed by atoms with E-state index in [-0.39, 0.29) is 12.4 Å². The van der Waals surface area contributed by atoms with Gasteiger partial charge in [0.1, 0.15) is 12.4 Å². The van der Waals surface area contributed by atoms with E-state index in [4.69, 9.17) is 4.74 Å². The van der Waals surface area contributed by atoms with Crippen LogP contribution in [0.15, 0.2) is 60.8 Å². The van der Waals surface area contributed by atoms with Gasteiger partial charge in [0.25, 0.3) is 0 Å². The van der Waals surface area contributed by atoms with Crippen LogP contribution in [0.1, 0.15) is 24.0 Å². The summed E-state index contributed by atoms with van der Waals surface area (Å²) < 4.78 is 5.87. The van der Waals surface area contributed by atoms with E-state index in [0.717, 1.165) is 11.7 Å². The van der Waals surface area contributed by atoms with Crippen LogP contribution in [0.3, 0.4) is 0 Å². The van der Waals surface area contributed by atoms with Gasteiger partial charge in [-0.2, -0.15) is 0 Å². The number of benzene rings is 2.